The van der Waals surface area contributed by atoms with Crippen LogP contribution in [-0.2, 0) is 9.59 Å². The summed E-state index contributed by atoms with van der Waals surface area (Å²) in [7, 11) is 0. The first-order chi connectivity index (χ1) is 8.36. The number of hydrogen-bond donors (Lipinski definition) is 2. The van der Waals surface area contributed by atoms with E-state index in [1.807, 2.05) is 0 Å². The van der Waals surface area contributed by atoms with Gasteiger partial charge in [-0.3, -0.25) is 9.59 Å². The van der Waals surface area contributed by atoms with Crippen LogP contribution in [-0.4, -0.2) is 22.2 Å². The molecule has 2 unspecified atom stereocenters. The fraction of sp³-hybridized carbons (Fsp3) is 0.857. The summed E-state index contributed by atoms with van der Waals surface area (Å²) in [5.74, 6) is -1.68. The topological polar surface area (TPSA) is 74.6 Å². The lowest BCUT2D eigenvalue weighted by atomic mass is 10.1. The molecule has 0 saturated carbocycles. The number of carbonyl (C=O) groups is 2. The summed E-state index contributed by atoms with van der Waals surface area (Å²) >= 11 is 0. The van der Waals surface area contributed by atoms with Gasteiger partial charge in [-0.1, -0.05) is 53.4 Å². The van der Waals surface area contributed by atoms with Crippen LogP contribution in [0.25, 0.3) is 0 Å². The molecule has 0 spiro atoms. The Kier molecular flexibility index (Phi) is 13.3. The monoisotopic (exact) mass is 260 g/mol. The Balaban J connectivity index is 0. The molecule has 0 aliphatic heterocycles. The van der Waals surface area contributed by atoms with Crippen molar-refractivity contribution in [2.75, 3.05) is 0 Å². The number of carboxylic acids is 2. The second-order valence-electron chi connectivity index (χ2n) is 4.76. The van der Waals surface area contributed by atoms with Crippen LogP contribution in [0.1, 0.15) is 66.2 Å². The fourth-order valence-electron chi connectivity index (χ4n) is 1.27. The van der Waals surface area contributed by atoms with Crippen LogP contribution >= 0.6 is 0 Å². The second kappa shape index (κ2) is 12.4. The van der Waals surface area contributed by atoms with Crippen molar-refractivity contribution < 1.29 is 19.8 Å². The van der Waals surface area contributed by atoms with Crippen molar-refractivity contribution >= 4 is 11.9 Å². The van der Waals surface area contributed by atoms with E-state index in [0.717, 1.165) is 38.5 Å². The molecule has 0 aliphatic rings. The van der Waals surface area contributed by atoms with Gasteiger partial charge in [0, 0.05) is 0 Å². The molecule has 0 saturated heterocycles. The molecule has 2 atom stereocenters. The Morgan fingerprint density at radius 1 is 0.833 bits per heavy atom. The second-order valence-corrected chi connectivity index (χ2v) is 4.76. The number of unbranched alkanes of at least 4 members (excludes halogenated alkanes) is 2. The van der Waals surface area contributed by atoms with Crippen LogP contribution in [0.15, 0.2) is 0 Å². The molecule has 0 amide bonds. The molecule has 0 fully saturated rings. The van der Waals surface area contributed by atoms with Gasteiger partial charge in [-0.05, 0) is 12.8 Å². The molecule has 2 N–H and O–H groups in total. The standard InChI is InChI=1S/2C7H14O2/c2*1-3-4-5-6(2)7(8)9/h2*6H,3-5H2,1-2H3,(H,8,9). The number of carboxylic acid groups (broad SMARTS) is 2. The lowest BCUT2D eigenvalue weighted by Gasteiger charge is -2.02. The maximum Gasteiger partial charge on any atom is 0.306 e. The summed E-state index contributed by atoms with van der Waals surface area (Å²) in [5, 5.41) is 16.8. The van der Waals surface area contributed by atoms with Gasteiger partial charge >= 0.3 is 11.9 Å². The highest BCUT2D eigenvalue weighted by Gasteiger charge is 2.08. The van der Waals surface area contributed by atoms with Crippen molar-refractivity contribution in [2.45, 2.75) is 66.2 Å². The minimum Gasteiger partial charge on any atom is -0.481 e. The van der Waals surface area contributed by atoms with E-state index < -0.39 is 11.9 Å². The first-order valence-corrected chi connectivity index (χ1v) is 6.82. The highest BCUT2D eigenvalue weighted by molar-refractivity contribution is 5.69. The molecule has 0 heterocycles. The molecule has 0 radical (unpaired) electrons. The predicted octanol–water partition coefficient (Wildman–Crippen LogP) is 3.79. The predicted molar refractivity (Wildman–Crippen MR) is 72.6 cm³/mol. The Labute approximate surface area is 110 Å². The minimum atomic E-state index is -0.677. The highest BCUT2D eigenvalue weighted by Crippen LogP contribution is 2.07. The molecular weight excluding hydrogens is 232 g/mol. The zero-order valence-corrected chi connectivity index (χ0v) is 12.1. The highest BCUT2D eigenvalue weighted by atomic mass is 16.4. The molecule has 18 heavy (non-hydrogen) atoms. The molecular formula is C14H28O4. The Bertz CT molecular complexity index is 202. The third-order valence-electron chi connectivity index (χ3n) is 2.82. The Hall–Kier alpha value is -1.06. The van der Waals surface area contributed by atoms with Crippen molar-refractivity contribution in [2.24, 2.45) is 11.8 Å². The van der Waals surface area contributed by atoms with Gasteiger partial charge in [0.2, 0.25) is 0 Å². The molecule has 0 rings (SSSR count). The SMILES string of the molecule is CCCCC(C)C(=O)O.CCCCC(C)C(=O)O. The fourth-order valence-corrected chi connectivity index (χ4v) is 1.27. The summed E-state index contributed by atoms with van der Waals surface area (Å²) < 4.78 is 0. The Morgan fingerprint density at radius 2 is 1.11 bits per heavy atom. The molecule has 108 valence electrons. The van der Waals surface area contributed by atoms with Crippen molar-refractivity contribution in [1.29, 1.82) is 0 Å². The van der Waals surface area contributed by atoms with E-state index in [0.29, 0.717) is 0 Å². The number of aliphatic carboxylic acids is 2. The van der Waals surface area contributed by atoms with Crippen molar-refractivity contribution in [3.8, 4) is 0 Å². The summed E-state index contributed by atoms with van der Waals surface area (Å²) in [4.78, 5) is 20.4. The average Bonchev–Trinajstić information content (AvgIpc) is 2.33. The van der Waals surface area contributed by atoms with Gasteiger partial charge in [-0.2, -0.15) is 0 Å². The molecule has 0 aromatic heterocycles. The van der Waals surface area contributed by atoms with Gasteiger partial charge in [0.15, 0.2) is 0 Å². The van der Waals surface area contributed by atoms with Crippen LogP contribution in [0.5, 0.6) is 0 Å². The van der Waals surface area contributed by atoms with Crippen LogP contribution in [0.2, 0.25) is 0 Å². The van der Waals surface area contributed by atoms with E-state index in [2.05, 4.69) is 13.8 Å². The smallest absolute Gasteiger partial charge is 0.306 e. The molecule has 0 aromatic carbocycles. The Morgan fingerprint density at radius 3 is 1.28 bits per heavy atom. The largest absolute Gasteiger partial charge is 0.481 e. The third kappa shape index (κ3) is 13.0. The average molecular weight is 260 g/mol. The van der Waals surface area contributed by atoms with Crippen molar-refractivity contribution in [3.05, 3.63) is 0 Å². The van der Waals surface area contributed by atoms with E-state index in [1.54, 1.807) is 13.8 Å². The van der Waals surface area contributed by atoms with Crippen LogP contribution in [0, 0.1) is 11.8 Å². The zero-order valence-electron chi connectivity index (χ0n) is 12.1. The van der Waals surface area contributed by atoms with E-state index in [-0.39, 0.29) is 11.8 Å². The third-order valence-corrected chi connectivity index (χ3v) is 2.82. The first kappa shape index (κ1) is 19.3. The molecule has 0 bridgehead atoms. The van der Waals surface area contributed by atoms with Gasteiger partial charge in [0.1, 0.15) is 0 Å². The van der Waals surface area contributed by atoms with Gasteiger partial charge in [0.25, 0.3) is 0 Å². The normalized spacial score (nSPS) is 13.1. The maximum absolute atomic E-state index is 10.2. The summed E-state index contributed by atoms with van der Waals surface area (Å²) in [6, 6.07) is 0. The van der Waals surface area contributed by atoms with Gasteiger partial charge < -0.3 is 10.2 Å². The van der Waals surface area contributed by atoms with Crippen LogP contribution in [0.3, 0.4) is 0 Å². The lowest BCUT2D eigenvalue weighted by Crippen LogP contribution is -2.08. The van der Waals surface area contributed by atoms with Gasteiger partial charge in [-0.15, -0.1) is 0 Å². The zero-order chi connectivity index (χ0) is 14.6. The van der Waals surface area contributed by atoms with E-state index in [4.69, 9.17) is 10.2 Å². The van der Waals surface area contributed by atoms with Gasteiger partial charge in [-0.25, -0.2) is 0 Å². The molecule has 4 heteroatoms. The quantitative estimate of drug-likeness (QED) is 0.696. The van der Waals surface area contributed by atoms with E-state index in [9.17, 15) is 9.59 Å². The number of rotatable bonds is 8. The van der Waals surface area contributed by atoms with E-state index in [1.165, 1.54) is 0 Å². The van der Waals surface area contributed by atoms with Crippen molar-refractivity contribution in [1.82, 2.24) is 0 Å². The van der Waals surface area contributed by atoms with Crippen LogP contribution in [0.4, 0.5) is 0 Å². The summed E-state index contributed by atoms with van der Waals surface area (Å²) in [6.07, 6.45) is 5.83. The summed E-state index contributed by atoms with van der Waals surface area (Å²) in [6.45, 7) is 7.62. The molecule has 4 nitrogen and oxygen atoms in total. The first-order valence-electron chi connectivity index (χ1n) is 6.82. The lowest BCUT2D eigenvalue weighted by molar-refractivity contribution is -0.142. The van der Waals surface area contributed by atoms with Crippen LogP contribution < -0.4 is 0 Å². The van der Waals surface area contributed by atoms with Gasteiger partial charge in [0.05, 0.1) is 11.8 Å². The maximum atomic E-state index is 10.2. The summed E-state index contributed by atoms with van der Waals surface area (Å²) in [5.41, 5.74) is 0. The number of hydrogen-bond acceptors (Lipinski definition) is 2. The van der Waals surface area contributed by atoms with E-state index >= 15 is 0 Å². The minimum absolute atomic E-state index is 0.162. The molecule has 0 aliphatic carbocycles. The van der Waals surface area contributed by atoms with Crippen molar-refractivity contribution in [3.63, 3.8) is 0 Å². The molecule has 0 aromatic rings.